The quantitative estimate of drug-likeness (QED) is 0.552. The second kappa shape index (κ2) is 6.42. The average Bonchev–Trinajstić information content (AvgIpc) is 2.67. The molecule has 1 saturated heterocycles. The van der Waals surface area contributed by atoms with Gasteiger partial charge in [0.2, 0.25) is 0 Å². The summed E-state index contributed by atoms with van der Waals surface area (Å²) in [6.45, 7) is 0.754. The van der Waals surface area contributed by atoms with E-state index in [1.54, 1.807) is 0 Å². The van der Waals surface area contributed by atoms with Gasteiger partial charge in [-0.1, -0.05) is 0 Å². The van der Waals surface area contributed by atoms with Crippen LogP contribution in [0.1, 0.15) is 38.5 Å². The lowest BCUT2D eigenvalue weighted by atomic mass is 10.0. The van der Waals surface area contributed by atoms with E-state index in [0.717, 1.165) is 19.4 Å². The molecule has 0 saturated carbocycles. The smallest absolute Gasteiger partial charge is 0.378 e. The summed E-state index contributed by atoms with van der Waals surface area (Å²) < 4.78 is 41.2. The van der Waals surface area contributed by atoms with Crippen molar-refractivity contribution in [3.05, 3.63) is 0 Å². The van der Waals surface area contributed by atoms with E-state index in [9.17, 15) is 13.2 Å². The lowest BCUT2D eigenvalue weighted by molar-refractivity contribution is -0.135. The molecule has 0 aromatic rings. The van der Waals surface area contributed by atoms with E-state index in [-0.39, 0.29) is 18.6 Å². The molecule has 1 heterocycles. The fraction of sp³-hybridized carbons (Fsp3) is 1.00. The molecule has 0 aliphatic carbocycles. The van der Waals surface area contributed by atoms with Gasteiger partial charge in [-0.05, 0) is 32.1 Å². The summed E-state index contributed by atoms with van der Waals surface area (Å²) in [5.41, 5.74) is 2.57. The first-order valence-electron chi connectivity index (χ1n) is 5.66. The lowest BCUT2D eigenvalue weighted by Crippen LogP contribution is -2.37. The molecule has 0 aromatic carbocycles. The molecule has 3 N–H and O–H groups in total. The number of hydrogen-bond acceptors (Lipinski definition) is 3. The van der Waals surface area contributed by atoms with Crippen LogP contribution in [0.2, 0.25) is 0 Å². The lowest BCUT2D eigenvalue weighted by Gasteiger charge is -2.19. The Balaban J connectivity index is 2.15. The molecular weight excluding hydrogens is 221 g/mol. The summed E-state index contributed by atoms with van der Waals surface area (Å²) in [6.07, 6.45) is -1.37. The molecule has 3 nitrogen and oxygen atoms in total. The van der Waals surface area contributed by atoms with Gasteiger partial charge in [0.05, 0.1) is 6.10 Å². The first-order valence-corrected chi connectivity index (χ1v) is 5.66. The fourth-order valence-corrected chi connectivity index (χ4v) is 1.97. The molecule has 0 amide bonds. The monoisotopic (exact) mass is 240 g/mol. The maximum Gasteiger partial charge on any atom is 0.389 e. The Morgan fingerprint density at radius 1 is 1.44 bits per heavy atom. The van der Waals surface area contributed by atoms with E-state index in [4.69, 9.17) is 10.6 Å². The molecule has 1 fully saturated rings. The van der Waals surface area contributed by atoms with Gasteiger partial charge in [0.1, 0.15) is 0 Å². The number of hydrazine groups is 1. The van der Waals surface area contributed by atoms with E-state index >= 15 is 0 Å². The highest BCUT2D eigenvalue weighted by Gasteiger charge is 2.27. The van der Waals surface area contributed by atoms with Crippen molar-refractivity contribution in [1.29, 1.82) is 0 Å². The van der Waals surface area contributed by atoms with Gasteiger partial charge < -0.3 is 4.74 Å². The highest BCUT2D eigenvalue weighted by Crippen LogP contribution is 2.24. The van der Waals surface area contributed by atoms with Gasteiger partial charge in [-0.15, -0.1) is 0 Å². The number of hydrogen-bond donors (Lipinski definition) is 2. The predicted molar refractivity (Wildman–Crippen MR) is 54.6 cm³/mol. The Kier molecular flexibility index (Phi) is 5.51. The Morgan fingerprint density at radius 2 is 2.19 bits per heavy atom. The molecule has 1 rings (SSSR count). The van der Waals surface area contributed by atoms with E-state index in [1.165, 1.54) is 0 Å². The summed E-state index contributed by atoms with van der Waals surface area (Å²) in [6, 6.07) is -0.0783. The average molecular weight is 240 g/mol. The van der Waals surface area contributed by atoms with Crippen molar-refractivity contribution < 1.29 is 17.9 Å². The summed E-state index contributed by atoms with van der Waals surface area (Å²) in [5, 5.41) is 0. The van der Waals surface area contributed by atoms with Gasteiger partial charge in [-0.3, -0.25) is 11.3 Å². The third-order valence-electron chi connectivity index (χ3n) is 2.82. The van der Waals surface area contributed by atoms with Crippen LogP contribution in [0.5, 0.6) is 0 Å². The molecule has 1 aliphatic rings. The maximum atomic E-state index is 11.9. The Morgan fingerprint density at radius 3 is 2.69 bits per heavy atom. The standard InChI is InChI=1S/C10H19F3N2O/c11-10(12,13)5-1-3-8(15-14)7-9-4-2-6-16-9/h8-9,15H,1-7,14H2. The Bertz CT molecular complexity index is 193. The van der Waals surface area contributed by atoms with Crippen LogP contribution in [0.4, 0.5) is 13.2 Å². The first-order chi connectivity index (χ1) is 7.51. The normalized spacial score (nSPS) is 23.6. The number of alkyl halides is 3. The van der Waals surface area contributed by atoms with Crippen molar-refractivity contribution in [2.75, 3.05) is 6.61 Å². The van der Waals surface area contributed by atoms with E-state index in [0.29, 0.717) is 12.8 Å². The topological polar surface area (TPSA) is 47.3 Å². The van der Waals surface area contributed by atoms with Crippen LogP contribution in [-0.4, -0.2) is 24.9 Å². The number of nitrogens with two attached hydrogens (primary N) is 1. The Labute approximate surface area is 93.5 Å². The van der Waals surface area contributed by atoms with Crippen LogP contribution in [0.3, 0.4) is 0 Å². The molecular formula is C10H19F3N2O. The SMILES string of the molecule is NNC(CCCC(F)(F)F)CC1CCCO1. The zero-order valence-electron chi connectivity index (χ0n) is 9.22. The third-order valence-corrected chi connectivity index (χ3v) is 2.82. The van der Waals surface area contributed by atoms with Crippen molar-refractivity contribution in [2.24, 2.45) is 5.84 Å². The van der Waals surface area contributed by atoms with E-state index in [2.05, 4.69) is 5.43 Å². The van der Waals surface area contributed by atoms with Gasteiger partial charge in [-0.2, -0.15) is 13.2 Å². The second-order valence-corrected chi connectivity index (χ2v) is 4.24. The van der Waals surface area contributed by atoms with Gasteiger partial charge >= 0.3 is 6.18 Å². The van der Waals surface area contributed by atoms with Gasteiger partial charge in [0.15, 0.2) is 0 Å². The minimum Gasteiger partial charge on any atom is -0.378 e. The highest BCUT2D eigenvalue weighted by molar-refractivity contribution is 4.74. The Hall–Kier alpha value is -0.330. The zero-order chi connectivity index (χ0) is 12.0. The van der Waals surface area contributed by atoms with Crippen molar-refractivity contribution in [3.63, 3.8) is 0 Å². The van der Waals surface area contributed by atoms with Crippen LogP contribution in [0, 0.1) is 0 Å². The molecule has 0 bridgehead atoms. The zero-order valence-corrected chi connectivity index (χ0v) is 9.22. The van der Waals surface area contributed by atoms with Crippen LogP contribution in [0.15, 0.2) is 0 Å². The fourth-order valence-electron chi connectivity index (χ4n) is 1.97. The molecule has 6 heteroatoms. The van der Waals surface area contributed by atoms with Gasteiger partial charge in [0.25, 0.3) is 0 Å². The number of nitrogens with one attached hydrogen (secondary N) is 1. The molecule has 96 valence electrons. The molecule has 0 aromatic heterocycles. The van der Waals surface area contributed by atoms with Crippen LogP contribution >= 0.6 is 0 Å². The minimum atomic E-state index is -4.07. The molecule has 16 heavy (non-hydrogen) atoms. The molecule has 0 radical (unpaired) electrons. The van der Waals surface area contributed by atoms with Crippen molar-refractivity contribution in [1.82, 2.24) is 5.43 Å². The van der Waals surface area contributed by atoms with Gasteiger partial charge in [-0.25, -0.2) is 0 Å². The maximum absolute atomic E-state index is 11.9. The van der Waals surface area contributed by atoms with Gasteiger partial charge in [0, 0.05) is 19.1 Å². The predicted octanol–water partition coefficient (Wildman–Crippen LogP) is 2.12. The second-order valence-electron chi connectivity index (χ2n) is 4.24. The summed E-state index contributed by atoms with van der Waals surface area (Å²) in [5.74, 6) is 5.31. The summed E-state index contributed by atoms with van der Waals surface area (Å²) in [4.78, 5) is 0. The van der Waals surface area contributed by atoms with Crippen molar-refractivity contribution in [2.45, 2.75) is 56.8 Å². The molecule has 0 spiro atoms. The molecule has 2 unspecified atom stereocenters. The number of halogens is 3. The third kappa shape index (κ3) is 5.67. The largest absolute Gasteiger partial charge is 0.389 e. The molecule has 1 aliphatic heterocycles. The summed E-state index contributed by atoms with van der Waals surface area (Å²) >= 11 is 0. The van der Waals surface area contributed by atoms with Crippen molar-refractivity contribution in [3.8, 4) is 0 Å². The molecule has 2 atom stereocenters. The highest BCUT2D eigenvalue weighted by atomic mass is 19.4. The van der Waals surface area contributed by atoms with Crippen LogP contribution in [0.25, 0.3) is 0 Å². The van der Waals surface area contributed by atoms with Crippen LogP contribution in [-0.2, 0) is 4.74 Å². The van der Waals surface area contributed by atoms with E-state index in [1.807, 2.05) is 0 Å². The van der Waals surface area contributed by atoms with E-state index < -0.39 is 12.6 Å². The number of ether oxygens (including phenoxy) is 1. The minimum absolute atomic E-state index is 0.0783. The number of rotatable bonds is 6. The summed E-state index contributed by atoms with van der Waals surface area (Å²) in [7, 11) is 0. The van der Waals surface area contributed by atoms with Crippen LogP contribution < -0.4 is 11.3 Å². The first kappa shape index (κ1) is 13.7. The van der Waals surface area contributed by atoms with Crippen molar-refractivity contribution >= 4 is 0 Å².